The molecule has 2 aliphatic rings. The first kappa shape index (κ1) is 16.8. The molecule has 8 heteroatoms. The molecule has 0 saturated heterocycles. The van der Waals surface area contributed by atoms with Gasteiger partial charge >= 0.3 is 11.9 Å². The lowest BCUT2D eigenvalue weighted by Crippen LogP contribution is -2.30. The highest BCUT2D eigenvalue weighted by molar-refractivity contribution is 6.07. The predicted octanol–water partition coefficient (Wildman–Crippen LogP) is 2.19. The molecule has 2 heterocycles. The van der Waals surface area contributed by atoms with Crippen molar-refractivity contribution in [2.45, 2.75) is 13.2 Å². The molecule has 0 unspecified atom stereocenters. The Morgan fingerprint density at radius 3 is 2.56 bits per heavy atom. The molecule has 0 fully saturated rings. The Labute approximate surface area is 143 Å². The summed E-state index contributed by atoms with van der Waals surface area (Å²) < 4.78 is 26.1. The van der Waals surface area contributed by atoms with Gasteiger partial charge in [0.05, 0.1) is 19.8 Å². The van der Waals surface area contributed by atoms with E-state index in [1.54, 1.807) is 6.92 Å². The van der Waals surface area contributed by atoms with Gasteiger partial charge in [-0.25, -0.2) is 9.59 Å². The van der Waals surface area contributed by atoms with E-state index in [9.17, 15) is 14.7 Å². The van der Waals surface area contributed by atoms with Crippen LogP contribution in [0.1, 0.15) is 33.2 Å². The van der Waals surface area contributed by atoms with Crippen molar-refractivity contribution in [2.24, 2.45) is 0 Å². The third-order valence-electron chi connectivity index (χ3n) is 3.89. The van der Waals surface area contributed by atoms with Crippen molar-refractivity contribution in [2.75, 3.05) is 21.3 Å². The molecule has 0 bridgehead atoms. The number of allylic oxidation sites excluding steroid dienone is 2. The van der Waals surface area contributed by atoms with Crippen LogP contribution in [0.15, 0.2) is 23.7 Å². The molecule has 0 amide bonds. The van der Waals surface area contributed by atoms with Gasteiger partial charge in [0, 0.05) is 18.7 Å². The first-order valence-electron chi connectivity index (χ1n) is 7.29. The Morgan fingerprint density at radius 1 is 1.24 bits per heavy atom. The standard InChI is InChI=1S/C17H16O8/c1-7-5-9(18)11-13-12(16(20)25-17(11)23-4)10(21-2)6-8(14(13)24-7)15(19)22-3/h5-6,17-18H,1-4H3/t17-/m0/s1. The van der Waals surface area contributed by atoms with Crippen molar-refractivity contribution < 1.29 is 38.4 Å². The molecule has 2 aliphatic heterocycles. The van der Waals surface area contributed by atoms with E-state index >= 15 is 0 Å². The lowest BCUT2D eigenvalue weighted by Gasteiger charge is -2.29. The SMILES string of the molecule is COC(=O)c1cc(OC)c2c3c1OC(C)=CC(O)=C3[C@@H](OC)OC2=O. The van der Waals surface area contributed by atoms with Crippen LogP contribution in [0.2, 0.25) is 0 Å². The van der Waals surface area contributed by atoms with Crippen LogP contribution in [0, 0.1) is 0 Å². The minimum Gasteiger partial charge on any atom is -0.507 e. The summed E-state index contributed by atoms with van der Waals surface area (Å²) in [5.41, 5.74) is 0.409. The molecule has 0 saturated carbocycles. The van der Waals surface area contributed by atoms with Crippen LogP contribution in [-0.4, -0.2) is 44.7 Å². The molecular weight excluding hydrogens is 332 g/mol. The van der Waals surface area contributed by atoms with Gasteiger partial charge in [0.2, 0.25) is 6.29 Å². The zero-order valence-corrected chi connectivity index (χ0v) is 14.0. The number of hydrogen-bond acceptors (Lipinski definition) is 8. The number of esters is 2. The highest BCUT2D eigenvalue weighted by Crippen LogP contribution is 2.47. The second-order valence-electron chi connectivity index (χ2n) is 5.33. The average molecular weight is 348 g/mol. The largest absolute Gasteiger partial charge is 0.507 e. The Kier molecular flexibility index (Phi) is 4.13. The predicted molar refractivity (Wildman–Crippen MR) is 84.5 cm³/mol. The highest BCUT2D eigenvalue weighted by atomic mass is 16.7. The molecule has 25 heavy (non-hydrogen) atoms. The van der Waals surface area contributed by atoms with Crippen LogP contribution in [0.5, 0.6) is 11.5 Å². The Balaban J connectivity index is 2.46. The van der Waals surface area contributed by atoms with Crippen LogP contribution in [0.3, 0.4) is 0 Å². The summed E-state index contributed by atoms with van der Waals surface area (Å²) in [5.74, 6) is -1.16. The summed E-state index contributed by atoms with van der Waals surface area (Å²) in [6.07, 6.45) is 0.180. The summed E-state index contributed by atoms with van der Waals surface area (Å²) in [6.45, 7) is 1.59. The lowest BCUT2D eigenvalue weighted by molar-refractivity contribution is -0.0576. The van der Waals surface area contributed by atoms with Crippen LogP contribution in [0.4, 0.5) is 0 Å². The topological polar surface area (TPSA) is 101 Å². The van der Waals surface area contributed by atoms with Crippen molar-refractivity contribution in [1.82, 2.24) is 0 Å². The number of ether oxygens (including phenoxy) is 5. The van der Waals surface area contributed by atoms with E-state index in [0.717, 1.165) is 0 Å². The van der Waals surface area contributed by atoms with Crippen LogP contribution in [0.25, 0.3) is 5.57 Å². The average Bonchev–Trinajstić information content (AvgIpc) is 2.72. The zero-order valence-electron chi connectivity index (χ0n) is 14.0. The maximum Gasteiger partial charge on any atom is 0.345 e. The third kappa shape index (κ3) is 2.51. The van der Waals surface area contributed by atoms with E-state index in [1.165, 1.54) is 33.5 Å². The summed E-state index contributed by atoms with van der Waals surface area (Å²) >= 11 is 0. The molecule has 1 aromatic rings. The number of cyclic esters (lactones) is 1. The minimum absolute atomic E-state index is 0.0307. The second-order valence-corrected chi connectivity index (χ2v) is 5.33. The van der Waals surface area contributed by atoms with Crippen LogP contribution in [-0.2, 0) is 14.2 Å². The summed E-state index contributed by atoms with van der Waals surface area (Å²) in [7, 11) is 3.90. The highest BCUT2D eigenvalue weighted by Gasteiger charge is 2.41. The second kappa shape index (κ2) is 6.14. The first-order chi connectivity index (χ1) is 11.9. The number of rotatable bonds is 3. The zero-order chi connectivity index (χ0) is 18.3. The molecule has 0 aromatic heterocycles. The van der Waals surface area contributed by atoms with E-state index < -0.39 is 18.2 Å². The summed E-state index contributed by atoms with van der Waals surface area (Å²) in [5, 5.41) is 10.5. The number of aliphatic hydroxyl groups excluding tert-OH is 1. The van der Waals surface area contributed by atoms with Crippen LogP contribution >= 0.6 is 0 Å². The number of benzene rings is 1. The fourth-order valence-electron chi connectivity index (χ4n) is 2.84. The monoisotopic (exact) mass is 348 g/mol. The molecule has 0 radical (unpaired) electrons. The quantitative estimate of drug-likeness (QED) is 0.830. The Morgan fingerprint density at radius 2 is 1.96 bits per heavy atom. The first-order valence-corrected chi connectivity index (χ1v) is 7.29. The number of carbonyl (C=O) groups is 2. The van der Waals surface area contributed by atoms with Crippen molar-refractivity contribution in [3.8, 4) is 11.5 Å². The molecule has 3 rings (SSSR count). The summed E-state index contributed by atoms with van der Waals surface area (Å²) in [4.78, 5) is 24.7. The number of methoxy groups -OCH3 is 3. The maximum absolute atomic E-state index is 12.4. The van der Waals surface area contributed by atoms with Gasteiger partial charge in [0.25, 0.3) is 0 Å². The fraction of sp³-hybridized carbons (Fsp3) is 0.294. The van der Waals surface area contributed by atoms with Crippen molar-refractivity contribution in [1.29, 1.82) is 0 Å². The van der Waals surface area contributed by atoms with Gasteiger partial charge in [-0.15, -0.1) is 0 Å². The maximum atomic E-state index is 12.4. The molecule has 1 N–H and O–H groups in total. The Bertz CT molecular complexity index is 834. The lowest BCUT2D eigenvalue weighted by atomic mass is 9.91. The van der Waals surface area contributed by atoms with Gasteiger partial charge in [0.15, 0.2) is 0 Å². The molecular formula is C17H16O8. The normalized spacial score (nSPS) is 18.5. The third-order valence-corrected chi connectivity index (χ3v) is 3.89. The van der Waals surface area contributed by atoms with E-state index in [0.29, 0.717) is 5.76 Å². The molecule has 1 atom stereocenters. The molecule has 1 aromatic carbocycles. The van der Waals surface area contributed by atoms with Gasteiger partial charge in [-0.3, -0.25) is 0 Å². The van der Waals surface area contributed by atoms with E-state index in [2.05, 4.69) is 0 Å². The van der Waals surface area contributed by atoms with Crippen LogP contribution < -0.4 is 9.47 Å². The van der Waals surface area contributed by atoms with Gasteiger partial charge in [-0.05, 0) is 13.0 Å². The van der Waals surface area contributed by atoms with Crippen molar-refractivity contribution in [3.63, 3.8) is 0 Å². The molecule has 0 aliphatic carbocycles. The van der Waals surface area contributed by atoms with E-state index in [1.807, 2.05) is 0 Å². The molecule has 0 spiro atoms. The van der Waals surface area contributed by atoms with Gasteiger partial charge < -0.3 is 28.8 Å². The van der Waals surface area contributed by atoms with E-state index in [4.69, 9.17) is 23.7 Å². The molecule has 8 nitrogen and oxygen atoms in total. The number of aliphatic hydroxyl groups is 1. The number of hydrogen-bond donors (Lipinski definition) is 1. The summed E-state index contributed by atoms with van der Waals surface area (Å²) in [6, 6.07) is 1.33. The Hall–Kier alpha value is -3.00. The van der Waals surface area contributed by atoms with Crippen molar-refractivity contribution >= 4 is 17.5 Å². The van der Waals surface area contributed by atoms with Gasteiger partial charge in [-0.1, -0.05) is 0 Å². The van der Waals surface area contributed by atoms with E-state index in [-0.39, 0.29) is 39.5 Å². The van der Waals surface area contributed by atoms with Gasteiger partial charge in [0.1, 0.15) is 34.1 Å². The van der Waals surface area contributed by atoms with Gasteiger partial charge in [-0.2, -0.15) is 0 Å². The smallest absolute Gasteiger partial charge is 0.345 e. The molecule has 132 valence electrons. The van der Waals surface area contributed by atoms with Crippen molar-refractivity contribution in [3.05, 3.63) is 40.4 Å². The number of carbonyl (C=O) groups excluding carboxylic acids is 2. The minimum atomic E-state index is -1.16. The fourth-order valence-corrected chi connectivity index (χ4v) is 2.84.